The molecule has 6 rings (SSSR count). The summed E-state index contributed by atoms with van der Waals surface area (Å²) in [6, 6.07) is 2.25. The molecule has 0 spiro atoms. The van der Waals surface area contributed by atoms with Gasteiger partial charge >= 0.3 is 5.97 Å². The summed E-state index contributed by atoms with van der Waals surface area (Å²) >= 11 is 0. The lowest BCUT2D eigenvalue weighted by atomic mass is 9.53. The molecule has 164 valence electrons. The van der Waals surface area contributed by atoms with Crippen LogP contribution in [-0.4, -0.2) is 39.7 Å². The Kier molecular flexibility index (Phi) is 4.68. The Bertz CT molecular complexity index is 1030. The minimum Gasteiger partial charge on any atom is -0.492 e. The topological polar surface area (TPSA) is 79.1 Å². The summed E-state index contributed by atoms with van der Waals surface area (Å²) in [6.45, 7) is 9.55. The van der Waals surface area contributed by atoms with E-state index < -0.39 is 0 Å². The first-order valence-electron chi connectivity index (χ1n) is 11.3. The maximum Gasteiger partial charge on any atom is 0.311 e. The van der Waals surface area contributed by atoms with Crippen molar-refractivity contribution in [3.8, 4) is 11.3 Å². The Morgan fingerprint density at radius 2 is 1.97 bits per heavy atom. The van der Waals surface area contributed by atoms with Gasteiger partial charge in [0.2, 0.25) is 0 Å². The van der Waals surface area contributed by atoms with E-state index in [9.17, 15) is 4.79 Å². The molecule has 7 heteroatoms. The van der Waals surface area contributed by atoms with Crippen LogP contribution < -0.4 is 0 Å². The van der Waals surface area contributed by atoms with E-state index in [1.54, 1.807) is 0 Å². The van der Waals surface area contributed by atoms with Gasteiger partial charge in [-0.25, -0.2) is 0 Å². The van der Waals surface area contributed by atoms with Crippen LogP contribution in [0.1, 0.15) is 75.2 Å². The predicted octanol–water partition coefficient (Wildman–Crippen LogP) is 4.23. The van der Waals surface area contributed by atoms with E-state index in [1.807, 2.05) is 13.1 Å². The molecule has 0 N–H and O–H groups in total. The third kappa shape index (κ3) is 2.92. The van der Waals surface area contributed by atoms with Gasteiger partial charge in [0.05, 0.1) is 36.7 Å². The number of hydrogen-bond acceptors (Lipinski definition) is 6. The number of ether oxygens (including phenoxy) is 2. The highest BCUT2D eigenvalue weighted by molar-refractivity contribution is 5.77. The fourth-order valence-corrected chi connectivity index (χ4v) is 6.02. The molecular weight excluding hydrogens is 392 g/mol. The van der Waals surface area contributed by atoms with E-state index in [4.69, 9.17) is 14.6 Å². The lowest BCUT2D eigenvalue weighted by Gasteiger charge is -2.51. The van der Waals surface area contributed by atoms with Gasteiger partial charge < -0.3 is 9.47 Å². The number of nitrogens with zero attached hydrogens (tertiary/aromatic N) is 4. The molecule has 1 atom stereocenters. The second kappa shape index (κ2) is 7.18. The molecule has 2 aromatic rings. The number of carbonyl (C=O) groups is 1. The van der Waals surface area contributed by atoms with Crippen LogP contribution in [0.15, 0.2) is 18.8 Å². The Morgan fingerprint density at radius 1 is 1.26 bits per heavy atom. The largest absolute Gasteiger partial charge is 0.492 e. The third-order valence-corrected chi connectivity index (χ3v) is 7.88. The molecule has 2 bridgehead atoms. The van der Waals surface area contributed by atoms with Crippen molar-refractivity contribution in [1.82, 2.24) is 20.0 Å². The van der Waals surface area contributed by atoms with Gasteiger partial charge in [0.15, 0.2) is 0 Å². The van der Waals surface area contributed by atoms with Crippen molar-refractivity contribution in [3.63, 3.8) is 0 Å². The summed E-state index contributed by atoms with van der Waals surface area (Å²) in [5.41, 5.74) is 4.98. The number of aromatic nitrogens is 4. The van der Waals surface area contributed by atoms with Crippen molar-refractivity contribution in [2.75, 3.05) is 13.7 Å². The maximum atomic E-state index is 12.4. The van der Waals surface area contributed by atoms with Crippen molar-refractivity contribution < 1.29 is 14.3 Å². The van der Waals surface area contributed by atoms with E-state index in [0.29, 0.717) is 12.4 Å². The van der Waals surface area contributed by atoms with E-state index in [0.717, 1.165) is 73.3 Å². The van der Waals surface area contributed by atoms with Gasteiger partial charge in [0.25, 0.3) is 0 Å². The van der Waals surface area contributed by atoms with E-state index in [-0.39, 0.29) is 22.7 Å². The summed E-state index contributed by atoms with van der Waals surface area (Å²) in [6.07, 6.45) is 7.47. The number of esters is 1. The predicted molar refractivity (Wildman–Crippen MR) is 116 cm³/mol. The Hall–Kier alpha value is -2.70. The van der Waals surface area contributed by atoms with Crippen LogP contribution in [0.25, 0.3) is 17.0 Å². The number of methoxy groups -OCH3 is 1. The van der Waals surface area contributed by atoms with Crippen LogP contribution >= 0.6 is 0 Å². The van der Waals surface area contributed by atoms with Crippen LogP contribution in [0, 0.1) is 5.41 Å². The molecule has 0 saturated heterocycles. The highest BCUT2D eigenvalue weighted by Crippen LogP contribution is 2.58. The van der Waals surface area contributed by atoms with Gasteiger partial charge in [-0.05, 0) is 57.1 Å². The molecule has 0 amide bonds. The van der Waals surface area contributed by atoms with Crippen LogP contribution in [0.3, 0.4) is 0 Å². The molecule has 1 aliphatic heterocycles. The average Bonchev–Trinajstić information content (AvgIpc) is 3.24. The number of fused-ring (bicyclic) bond motifs is 6. The fraction of sp³-hybridized carbons (Fsp3) is 0.583. The molecule has 2 aromatic heterocycles. The summed E-state index contributed by atoms with van der Waals surface area (Å²) in [4.78, 5) is 12.4. The maximum absolute atomic E-state index is 12.4. The summed E-state index contributed by atoms with van der Waals surface area (Å²) in [5, 5.41) is 13.7. The minimum absolute atomic E-state index is 0.0340. The van der Waals surface area contributed by atoms with Crippen molar-refractivity contribution in [3.05, 3.63) is 35.8 Å². The molecule has 7 nitrogen and oxygen atoms in total. The number of hydrogen-bond donors (Lipinski definition) is 0. The molecule has 3 aliphatic carbocycles. The van der Waals surface area contributed by atoms with Gasteiger partial charge in [-0.2, -0.15) is 10.2 Å². The molecule has 3 fully saturated rings. The van der Waals surface area contributed by atoms with E-state index in [2.05, 4.69) is 34.4 Å². The first-order chi connectivity index (χ1) is 14.9. The molecule has 0 aromatic carbocycles. The second-order valence-electron chi connectivity index (χ2n) is 9.43. The highest BCUT2D eigenvalue weighted by Gasteiger charge is 2.54. The smallest absolute Gasteiger partial charge is 0.311 e. The van der Waals surface area contributed by atoms with E-state index in [1.165, 1.54) is 7.11 Å². The SMILES string of the molecule is C=C(OCC)c1nncc2c1C(C)Cn1nc(C34CCC(C(=O)OC)(CC3)CC4)cc1-2. The zero-order chi connectivity index (χ0) is 21.8. The number of carbonyl (C=O) groups excluding carboxylic acids is 1. The van der Waals surface area contributed by atoms with Crippen molar-refractivity contribution in [2.24, 2.45) is 5.41 Å². The minimum atomic E-state index is -0.277. The van der Waals surface area contributed by atoms with Crippen molar-refractivity contribution >= 4 is 11.7 Å². The first-order valence-corrected chi connectivity index (χ1v) is 11.3. The van der Waals surface area contributed by atoms with E-state index >= 15 is 0 Å². The van der Waals surface area contributed by atoms with Gasteiger partial charge in [0.1, 0.15) is 11.5 Å². The third-order valence-electron chi connectivity index (χ3n) is 7.88. The zero-order valence-electron chi connectivity index (χ0n) is 18.6. The second-order valence-corrected chi connectivity index (χ2v) is 9.43. The van der Waals surface area contributed by atoms with Crippen LogP contribution in [-0.2, 0) is 26.2 Å². The van der Waals surface area contributed by atoms with Gasteiger partial charge in [-0.15, -0.1) is 5.10 Å². The molecular formula is C24H30N4O3. The Morgan fingerprint density at radius 3 is 2.61 bits per heavy atom. The van der Waals surface area contributed by atoms with Crippen LogP contribution in [0.5, 0.6) is 0 Å². The Balaban J connectivity index is 1.51. The fourth-order valence-electron chi connectivity index (χ4n) is 6.02. The number of rotatable bonds is 5. The van der Waals surface area contributed by atoms with Gasteiger partial charge in [0, 0.05) is 23.4 Å². The molecule has 31 heavy (non-hydrogen) atoms. The van der Waals surface area contributed by atoms with Gasteiger partial charge in [-0.1, -0.05) is 13.5 Å². The first kappa shape index (κ1) is 20.2. The monoisotopic (exact) mass is 422 g/mol. The van der Waals surface area contributed by atoms with Crippen LogP contribution in [0.4, 0.5) is 0 Å². The van der Waals surface area contributed by atoms with Crippen molar-refractivity contribution in [2.45, 2.75) is 70.3 Å². The molecule has 3 heterocycles. The molecule has 0 radical (unpaired) electrons. The molecule has 1 unspecified atom stereocenters. The van der Waals surface area contributed by atoms with Crippen molar-refractivity contribution in [1.29, 1.82) is 0 Å². The molecule has 4 aliphatic rings. The van der Waals surface area contributed by atoms with Gasteiger partial charge in [-0.3, -0.25) is 9.48 Å². The average molecular weight is 423 g/mol. The quantitative estimate of drug-likeness (QED) is 0.530. The normalized spacial score (nSPS) is 28.5. The zero-order valence-corrected chi connectivity index (χ0v) is 18.6. The summed E-state index contributed by atoms with van der Waals surface area (Å²) in [5.74, 6) is 0.776. The summed E-state index contributed by atoms with van der Waals surface area (Å²) in [7, 11) is 1.51. The Labute approximate surface area is 182 Å². The lowest BCUT2D eigenvalue weighted by Crippen LogP contribution is -2.48. The highest BCUT2D eigenvalue weighted by atomic mass is 16.5. The standard InChI is InChI=1S/C24H30N4O3/c1-5-31-16(3)21-20-15(2)14-28-18(17(20)13-25-26-21)12-19(27-28)23-6-9-24(10-7-23,11-8-23)22(29)30-4/h12-13,15H,3,5-11,14H2,1-2,4H3. The van der Waals surface area contributed by atoms with Crippen LogP contribution in [0.2, 0.25) is 0 Å². The lowest BCUT2D eigenvalue weighted by molar-refractivity contribution is -0.160. The molecule has 3 saturated carbocycles. The summed E-state index contributed by atoms with van der Waals surface area (Å²) < 4.78 is 12.9.